The lowest BCUT2D eigenvalue weighted by atomic mass is 9.97. The first-order valence-electron chi connectivity index (χ1n) is 7.98. The molecule has 0 aromatic rings. The van der Waals surface area contributed by atoms with Gasteiger partial charge in [0.25, 0.3) is 0 Å². The smallest absolute Gasteiger partial charge is 0.305 e. The Labute approximate surface area is 112 Å². The van der Waals surface area contributed by atoms with Crippen molar-refractivity contribution in [3.05, 3.63) is 0 Å². The van der Waals surface area contributed by atoms with E-state index in [2.05, 4.69) is 6.92 Å². The van der Waals surface area contributed by atoms with Crippen LogP contribution in [0.3, 0.4) is 0 Å². The molecular weight excluding hydrogens is 224 g/mol. The van der Waals surface area contributed by atoms with Gasteiger partial charge in [0.1, 0.15) is 0 Å². The first-order chi connectivity index (χ1) is 8.83. The van der Waals surface area contributed by atoms with Crippen LogP contribution < -0.4 is 0 Å². The molecule has 0 aliphatic heterocycles. The van der Waals surface area contributed by atoms with Crippen LogP contribution >= 0.6 is 0 Å². The Balaban J connectivity index is 1.97. The van der Waals surface area contributed by atoms with Gasteiger partial charge >= 0.3 is 5.97 Å². The second-order valence-electron chi connectivity index (χ2n) is 5.68. The van der Waals surface area contributed by atoms with E-state index in [1.165, 1.54) is 51.4 Å². The molecule has 1 rings (SSSR count). The van der Waals surface area contributed by atoms with Crippen molar-refractivity contribution in [3.63, 3.8) is 0 Å². The number of hydrogen-bond acceptors (Lipinski definition) is 2. The lowest BCUT2D eigenvalue weighted by Crippen LogP contribution is -2.09. The monoisotopic (exact) mass is 254 g/mol. The van der Waals surface area contributed by atoms with E-state index in [1.807, 2.05) is 0 Å². The van der Waals surface area contributed by atoms with Gasteiger partial charge in [0.05, 0.1) is 6.61 Å². The van der Waals surface area contributed by atoms with Crippen molar-refractivity contribution in [1.29, 1.82) is 0 Å². The maximum Gasteiger partial charge on any atom is 0.305 e. The molecule has 0 atom stereocenters. The van der Waals surface area contributed by atoms with E-state index in [0.29, 0.717) is 13.0 Å². The average Bonchev–Trinajstić information content (AvgIpc) is 2.63. The highest BCUT2D eigenvalue weighted by atomic mass is 16.5. The molecule has 2 heteroatoms. The van der Waals surface area contributed by atoms with Crippen molar-refractivity contribution in [2.75, 3.05) is 6.61 Å². The summed E-state index contributed by atoms with van der Waals surface area (Å²) in [6.45, 7) is 2.84. The molecule has 0 N–H and O–H groups in total. The van der Waals surface area contributed by atoms with Crippen LogP contribution in [0.5, 0.6) is 0 Å². The zero-order valence-corrected chi connectivity index (χ0v) is 12.1. The summed E-state index contributed by atoms with van der Waals surface area (Å²) in [4.78, 5) is 11.5. The van der Waals surface area contributed by atoms with Crippen molar-refractivity contribution in [3.8, 4) is 0 Å². The fourth-order valence-corrected chi connectivity index (χ4v) is 2.76. The fourth-order valence-electron chi connectivity index (χ4n) is 2.76. The SMILES string of the molecule is CCCCCCC(=O)OCCC1CCCCCC1. The Kier molecular flexibility index (Phi) is 8.97. The molecular formula is C16H30O2. The quantitative estimate of drug-likeness (QED) is 0.351. The van der Waals surface area contributed by atoms with Crippen molar-refractivity contribution < 1.29 is 9.53 Å². The van der Waals surface area contributed by atoms with Crippen molar-refractivity contribution in [1.82, 2.24) is 0 Å². The molecule has 0 heterocycles. The predicted octanol–water partition coefficient (Wildman–Crippen LogP) is 4.86. The van der Waals surface area contributed by atoms with E-state index in [4.69, 9.17) is 4.74 Å². The molecule has 0 radical (unpaired) electrons. The Morgan fingerprint density at radius 3 is 2.44 bits per heavy atom. The first kappa shape index (κ1) is 15.5. The maximum absolute atomic E-state index is 11.5. The first-order valence-corrected chi connectivity index (χ1v) is 7.98. The Hall–Kier alpha value is -0.530. The molecule has 0 amide bonds. The number of rotatable bonds is 8. The van der Waals surface area contributed by atoms with E-state index in [1.54, 1.807) is 0 Å². The molecule has 1 saturated carbocycles. The second-order valence-corrected chi connectivity index (χ2v) is 5.68. The van der Waals surface area contributed by atoms with Crippen LogP contribution in [-0.4, -0.2) is 12.6 Å². The zero-order valence-electron chi connectivity index (χ0n) is 12.1. The van der Waals surface area contributed by atoms with Crippen LogP contribution in [0.15, 0.2) is 0 Å². The number of carbonyl (C=O) groups excluding carboxylic acids is 1. The highest BCUT2D eigenvalue weighted by Crippen LogP contribution is 2.25. The third-order valence-electron chi connectivity index (χ3n) is 4.00. The molecule has 2 nitrogen and oxygen atoms in total. The van der Waals surface area contributed by atoms with Crippen LogP contribution in [0.1, 0.15) is 84.0 Å². The summed E-state index contributed by atoms with van der Waals surface area (Å²) in [6, 6.07) is 0. The lowest BCUT2D eigenvalue weighted by molar-refractivity contribution is -0.144. The number of hydrogen-bond donors (Lipinski definition) is 0. The van der Waals surface area contributed by atoms with Gasteiger partial charge in [-0.2, -0.15) is 0 Å². The average molecular weight is 254 g/mol. The largest absolute Gasteiger partial charge is 0.466 e. The van der Waals surface area contributed by atoms with Crippen molar-refractivity contribution >= 4 is 5.97 Å². The highest BCUT2D eigenvalue weighted by Gasteiger charge is 2.12. The van der Waals surface area contributed by atoms with Crippen LogP contribution in [0, 0.1) is 5.92 Å². The fraction of sp³-hybridized carbons (Fsp3) is 0.938. The summed E-state index contributed by atoms with van der Waals surface area (Å²) in [7, 11) is 0. The molecule has 0 aromatic heterocycles. The van der Waals surface area contributed by atoms with Crippen LogP contribution in [-0.2, 0) is 9.53 Å². The molecule has 0 bridgehead atoms. The molecule has 1 aliphatic carbocycles. The molecule has 0 aromatic carbocycles. The topological polar surface area (TPSA) is 26.3 Å². The van der Waals surface area contributed by atoms with Crippen molar-refractivity contribution in [2.24, 2.45) is 5.92 Å². The number of unbranched alkanes of at least 4 members (excludes halogenated alkanes) is 3. The highest BCUT2D eigenvalue weighted by molar-refractivity contribution is 5.69. The normalized spacial score (nSPS) is 17.4. The number of carbonyl (C=O) groups is 1. The minimum Gasteiger partial charge on any atom is -0.466 e. The molecule has 0 saturated heterocycles. The third kappa shape index (κ3) is 7.73. The summed E-state index contributed by atoms with van der Waals surface area (Å²) in [6.07, 6.45) is 14.5. The predicted molar refractivity (Wildman–Crippen MR) is 75.5 cm³/mol. The van der Waals surface area contributed by atoms with E-state index in [0.717, 1.165) is 25.2 Å². The molecule has 0 unspecified atom stereocenters. The van der Waals surface area contributed by atoms with Crippen LogP contribution in [0.2, 0.25) is 0 Å². The lowest BCUT2D eigenvalue weighted by Gasteiger charge is -2.13. The number of esters is 1. The zero-order chi connectivity index (χ0) is 13.1. The summed E-state index contributed by atoms with van der Waals surface area (Å²) >= 11 is 0. The standard InChI is InChI=1S/C16H30O2/c1-2-3-4-9-12-16(17)18-14-13-15-10-7-5-6-8-11-15/h15H,2-14H2,1H3. The maximum atomic E-state index is 11.5. The van der Waals surface area contributed by atoms with Gasteiger partial charge in [0.15, 0.2) is 0 Å². The molecule has 1 aliphatic rings. The molecule has 18 heavy (non-hydrogen) atoms. The van der Waals surface area contributed by atoms with Crippen LogP contribution in [0.25, 0.3) is 0 Å². The van der Waals surface area contributed by atoms with Crippen molar-refractivity contribution in [2.45, 2.75) is 84.0 Å². The van der Waals surface area contributed by atoms with Gasteiger partial charge in [-0.15, -0.1) is 0 Å². The number of ether oxygens (including phenoxy) is 1. The summed E-state index contributed by atoms with van der Waals surface area (Å²) in [5, 5.41) is 0. The minimum atomic E-state index is 0.0136. The molecule has 1 fully saturated rings. The van der Waals surface area contributed by atoms with E-state index in [-0.39, 0.29) is 5.97 Å². The second kappa shape index (κ2) is 10.4. The molecule has 0 spiro atoms. The molecule has 106 valence electrons. The van der Waals surface area contributed by atoms with Gasteiger partial charge in [0, 0.05) is 6.42 Å². The Bertz CT molecular complexity index is 205. The van der Waals surface area contributed by atoms with Gasteiger partial charge in [0.2, 0.25) is 0 Å². The van der Waals surface area contributed by atoms with E-state index < -0.39 is 0 Å². The van der Waals surface area contributed by atoms with Crippen LogP contribution in [0.4, 0.5) is 0 Å². The van der Waals surface area contributed by atoms with E-state index in [9.17, 15) is 4.79 Å². The minimum absolute atomic E-state index is 0.0136. The Morgan fingerprint density at radius 1 is 1.06 bits per heavy atom. The Morgan fingerprint density at radius 2 is 1.78 bits per heavy atom. The third-order valence-corrected chi connectivity index (χ3v) is 4.00. The summed E-state index contributed by atoms with van der Waals surface area (Å²) in [5.41, 5.74) is 0. The summed E-state index contributed by atoms with van der Waals surface area (Å²) in [5.74, 6) is 0.820. The van der Waals surface area contributed by atoms with Gasteiger partial charge in [-0.25, -0.2) is 0 Å². The van der Waals surface area contributed by atoms with Gasteiger partial charge in [-0.3, -0.25) is 4.79 Å². The van der Waals surface area contributed by atoms with Gasteiger partial charge < -0.3 is 4.74 Å². The van der Waals surface area contributed by atoms with Gasteiger partial charge in [-0.1, -0.05) is 64.7 Å². The van der Waals surface area contributed by atoms with E-state index >= 15 is 0 Å². The van der Waals surface area contributed by atoms with Gasteiger partial charge in [-0.05, 0) is 18.8 Å². The summed E-state index contributed by atoms with van der Waals surface area (Å²) < 4.78 is 5.33.